The van der Waals surface area contributed by atoms with Crippen LogP contribution >= 0.6 is 0 Å². The van der Waals surface area contributed by atoms with Gasteiger partial charge in [0, 0.05) is 24.6 Å². The van der Waals surface area contributed by atoms with E-state index in [0.717, 1.165) is 19.3 Å². The number of hydrogen-bond acceptors (Lipinski definition) is 3. The number of nitrogens with zero attached hydrogens (tertiary/aromatic N) is 1. The molecule has 0 aliphatic carbocycles. The van der Waals surface area contributed by atoms with Crippen LogP contribution in [0.5, 0.6) is 0 Å². The second kappa shape index (κ2) is 9.52. The molecule has 0 spiro atoms. The number of nitrogens with one attached hydrogen (secondary N) is 2. The SMILES string of the molecule is CCCCCNC(=O)c1ccc2c(c1)NC(=O)CC(C)N2C(=O)c1ccccc1F. The fourth-order valence-corrected chi connectivity index (χ4v) is 3.54. The van der Waals surface area contributed by atoms with Gasteiger partial charge in [-0.05, 0) is 43.7 Å². The maximum Gasteiger partial charge on any atom is 0.261 e. The third-order valence-electron chi connectivity index (χ3n) is 5.10. The summed E-state index contributed by atoms with van der Waals surface area (Å²) in [5.74, 6) is -1.67. The molecule has 0 saturated heterocycles. The molecule has 0 saturated carbocycles. The molecule has 6 nitrogen and oxygen atoms in total. The van der Waals surface area contributed by atoms with Gasteiger partial charge >= 0.3 is 0 Å². The summed E-state index contributed by atoms with van der Waals surface area (Å²) in [5, 5.41) is 5.63. The van der Waals surface area contributed by atoms with Crippen molar-refractivity contribution < 1.29 is 18.8 Å². The first kappa shape index (κ1) is 21.5. The van der Waals surface area contributed by atoms with Crippen LogP contribution in [0.2, 0.25) is 0 Å². The fraction of sp³-hybridized carbons (Fsp3) is 0.348. The van der Waals surface area contributed by atoms with Crippen molar-refractivity contribution >= 4 is 29.1 Å². The van der Waals surface area contributed by atoms with E-state index in [1.165, 1.54) is 23.1 Å². The lowest BCUT2D eigenvalue weighted by Gasteiger charge is -2.28. The van der Waals surface area contributed by atoms with Crippen molar-refractivity contribution in [3.63, 3.8) is 0 Å². The normalized spacial score (nSPS) is 15.8. The Morgan fingerprint density at radius 3 is 2.70 bits per heavy atom. The minimum atomic E-state index is -0.622. The molecule has 7 heteroatoms. The molecule has 2 N–H and O–H groups in total. The number of carbonyl (C=O) groups is 3. The number of hydrogen-bond donors (Lipinski definition) is 2. The van der Waals surface area contributed by atoms with Gasteiger partial charge in [0.15, 0.2) is 0 Å². The summed E-state index contributed by atoms with van der Waals surface area (Å²) < 4.78 is 14.2. The summed E-state index contributed by atoms with van der Waals surface area (Å²) in [5.41, 5.74) is 1.11. The van der Waals surface area contributed by atoms with Crippen LogP contribution in [0.4, 0.5) is 15.8 Å². The Morgan fingerprint density at radius 2 is 1.97 bits per heavy atom. The first-order chi connectivity index (χ1) is 14.4. The van der Waals surface area contributed by atoms with Crippen LogP contribution in [-0.4, -0.2) is 30.3 Å². The molecule has 1 aliphatic heterocycles. The largest absolute Gasteiger partial charge is 0.352 e. The van der Waals surface area contributed by atoms with Gasteiger partial charge < -0.3 is 15.5 Å². The number of rotatable bonds is 6. The Hall–Kier alpha value is -3.22. The van der Waals surface area contributed by atoms with Crippen LogP contribution in [0.1, 0.15) is 60.2 Å². The number of fused-ring (bicyclic) bond motifs is 1. The molecule has 1 aliphatic rings. The number of benzene rings is 2. The van der Waals surface area contributed by atoms with Crippen LogP contribution in [-0.2, 0) is 4.79 Å². The van der Waals surface area contributed by atoms with Crippen molar-refractivity contribution in [3.8, 4) is 0 Å². The quantitative estimate of drug-likeness (QED) is 0.702. The summed E-state index contributed by atoms with van der Waals surface area (Å²) in [7, 11) is 0. The highest BCUT2D eigenvalue weighted by molar-refractivity contribution is 6.12. The van der Waals surface area contributed by atoms with Gasteiger partial charge in [-0.15, -0.1) is 0 Å². The summed E-state index contributed by atoms with van der Waals surface area (Å²) >= 11 is 0. The number of carbonyl (C=O) groups excluding carboxylic acids is 3. The summed E-state index contributed by atoms with van der Waals surface area (Å²) in [6.07, 6.45) is 3.05. The number of halogens is 1. The molecule has 1 unspecified atom stereocenters. The topological polar surface area (TPSA) is 78.5 Å². The highest BCUT2D eigenvalue weighted by atomic mass is 19.1. The van der Waals surface area contributed by atoms with Crippen LogP contribution < -0.4 is 15.5 Å². The monoisotopic (exact) mass is 411 g/mol. The molecule has 0 bridgehead atoms. The van der Waals surface area contributed by atoms with Crippen molar-refractivity contribution in [3.05, 3.63) is 59.4 Å². The molecular formula is C23H26FN3O3. The van der Waals surface area contributed by atoms with Crippen molar-refractivity contribution in [2.24, 2.45) is 0 Å². The van der Waals surface area contributed by atoms with E-state index < -0.39 is 17.8 Å². The van der Waals surface area contributed by atoms with Gasteiger partial charge in [0.2, 0.25) is 5.91 Å². The van der Waals surface area contributed by atoms with E-state index in [0.29, 0.717) is 23.5 Å². The Balaban J connectivity index is 1.92. The molecule has 3 amide bonds. The molecule has 3 rings (SSSR count). The van der Waals surface area contributed by atoms with Gasteiger partial charge in [0.05, 0.1) is 16.9 Å². The van der Waals surface area contributed by atoms with Gasteiger partial charge in [-0.1, -0.05) is 31.9 Å². The molecule has 2 aromatic carbocycles. The van der Waals surface area contributed by atoms with E-state index in [2.05, 4.69) is 17.6 Å². The summed E-state index contributed by atoms with van der Waals surface area (Å²) in [6.45, 7) is 4.40. The minimum Gasteiger partial charge on any atom is -0.352 e. The van der Waals surface area contributed by atoms with Gasteiger partial charge in [-0.2, -0.15) is 0 Å². The van der Waals surface area contributed by atoms with Crippen LogP contribution in [0, 0.1) is 5.82 Å². The molecule has 0 aromatic heterocycles. The molecular weight excluding hydrogens is 385 g/mol. The fourth-order valence-electron chi connectivity index (χ4n) is 3.54. The zero-order valence-corrected chi connectivity index (χ0v) is 17.2. The lowest BCUT2D eigenvalue weighted by Crippen LogP contribution is -2.39. The Kier molecular flexibility index (Phi) is 6.82. The molecule has 1 heterocycles. The summed E-state index contributed by atoms with van der Waals surface area (Å²) in [6, 6.07) is 10.1. The Morgan fingerprint density at radius 1 is 1.20 bits per heavy atom. The molecule has 0 fully saturated rings. The van der Waals surface area contributed by atoms with Gasteiger partial charge in [-0.3, -0.25) is 14.4 Å². The Labute approximate surface area is 175 Å². The molecule has 2 aromatic rings. The van der Waals surface area contributed by atoms with E-state index in [1.807, 2.05) is 0 Å². The average Bonchev–Trinajstić information content (AvgIpc) is 2.84. The number of anilines is 2. The first-order valence-electron chi connectivity index (χ1n) is 10.2. The van der Waals surface area contributed by atoms with Crippen LogP contribution in [0.3, 0.4) is 0 Å². The molecule has 1 atom stereocenters. The van der Waals surface area contributed by atoms with Crippen LogP contribution in [0.15, 0.2) is 42.5 Å². The van der Waals surface area contributed by atoms with Crippen LogP contribution in [0.25, 0.3) is 0 Å². The highest BCUT2D eigenvalue weighted by Gasteiger charge is 2.32. The predicted octanol–water partition coefficient (Wildman–Crippen LogP) is 4.12. The van der Waals surface area contributed by atoms with Crippen molar-refractivity contribution in [1.82, 2.24) is 5.32 Å². The van der Waals surface area contributed by atoms with Crippen molar-refractivity contribution in [2.75, 3.05) is 16.8 Å². The lowest BCUT2D eigenvalue weighted by atomic mass is 10.1. The van der Waals surface area contributed by atoms with Crippen molar-refractivity contribution in [2.45, 2.75) is 45.6 Å². The second-order valence-corrected chi connectivity index (χ2v) is 7.45. The Bertz CT molecular complexity index is 960. The molecule has 30 heavy (non-hydrogen) atoms. The van der Waals surface area contributed by atoms with Gasteiger partial charge in [0.1, 0.15) is 5.82 Å². The number of amides is 3. The van der Waals surface area contributed by atoms with E-state index >= 15 is 0 Å². The maximum absolute atomic E-state index is 14.2. The van der Waals surface area contributed by atoms with E-state index in [-0.39, 0.29) is 23.8 Å². The van der Waals surface area contributed by atoms with Gasteiger partial charge in [0.25, 0.3) is 11.8 Å². The van der Waals surface area contributed by atoms with Crippen molar-refractivity contribution in [1.29, 1.82) is 0 Å². The molecule has 158 valence electrons. The van der Waals surface area contributed by atoms with E-state index in [9.17, 15) is 18.8 Å². The standard InChI is InChI=1S/C23H26FN3O3/c1-3-4-7-12-25-22(29)16-10-11-20-19(14-16)26-21(28)13-15(2)27(20)23(30)17-8-5-6-9-18(17)24/h5-6,8-11,14-15H,3-4,7,12-13H2,1-2H3,(H,25,29)(H,26,28). The smallest absolute Gasteiger partial charge is 0.261 e. The number of unbranched alkanes of at least 4 members (excludes halogenated alkanes) is 2. The highest BCUT2D eigenvalue weighted by Crippen LogP contribution is 2.34. The average molecular weight is 411 g/mol. The second-order valence-electron chi connectivity index (χ2n) is 7.45. The predicted molar refractivity (Wildman–Crippen MR) is 114 cm³/mol. The first-order valence-corrected chi connectivity index (χ1v) is 10.2. The zero-order valence-electron chi connectivity index (χ0n) is 17.2. The van der Waals surface area contributed by atoms with Gasteiger partial charge in [-0.25, -0.2) is 4.39 Å². The minimum absolute atomic E-state index is 0.0629. The lowest BCUT2D eigenvalue weighted by molar-refractivity contribution is -0.116. The molecule has 0 radical (unpaired) electrons. The van der Waals surface area contributed by atoms with E-state index in [4.69, 9.17) is 0 Å². The third-order valence-corrected chi connectivity index (χ3v) is 5.10. The summed E-state index contributed by atoms with van der Waals surface area (Å²) in [4.78, 5) is 39.3. The third kappa shape index (κ3) is 4.67. The maximum atomic E-state index is 14.2. The zero-order chi connectivity index (χ0) is 21.7. The van der Waals surface area contributed by atoms with E-state index in [1.54, 1.807) is 31.2 Å².